The Balaban J connectivity index is 1.62. The number of nitrogens with two attached hydrogens (primary N) is 1. The molecule has 5 atom stereocenters. The van der Waals surface area contributed by atoms with Crippen LogP contribution in [0.2, 0.25) is 0 Å². The van der Waals surface area contributed by atoms with E-state index in [0.29, 0.717) is 16.8 Å². The molecule has 0 radical (unpaired) electrons. The number of aliphatic hydroxyl groups excluding tert-OH is 2. The van der Waals surface area contributed by atoms with Gasteiger partial charge in [0.25, 0.3) is 5.91 Å². The largest absolute Gasteiger partial charge is 0.595 e. The normalized spacial score (nSPS) is 25.4. The number of nitrogens with zero attached hydrogens (tertiary/aromatic N) is 2. The number of phenolic OH excluding ortho intramolecular Hbond substituents is 1. The number of phenols is 1. The van der Waals surface area contributed by atoms with Gasteiger partial charge in [0.05, 0.1) is 17.3 Å². The summed E-state index contributed by atoms with van der Waals surface area (Å²) in [5.41, 5.74) is 3.74. The molecule has 1 amide bonds. The van der Waals surface area contributed by atoms with Crippen molar-refractivity contribution in [1.82, 2.24) is 4.90 Å². The van der Waals surface area contributed by atoms with Gasteiger partial charge in [-0.05, 0) is 50.0 Å². The molecule has 3 aliphatic carbocycles. The minimum Gasteiger partial charge on any atom is -0.595 e. The number of amides is 1. The van der Waals surface area contributed by atoms with Gasteiger partial charge in [-0.25, -0.2) is 5.21 Å². The highest BCUT2D eigenvalue weighted by Crippen LogP contribution is 2.54. The van der Waals surface area contributed by atoms with Crippen LogP contribution >= 0.6 is 0 Å². The van der Waals surface area contributed by atoms with E-state index < -0.39 is 63.3 Å². The zero-order valence-corrected chi connectivity index (χ0v) is 24.6. The lowest BCUT2D eigenvalue weighted by Crippen LogP contribution is -2.99. The fourth-order valence-electron chi connectivity index (χ4n) is 6.79. The number of aromatic hydroxyl groups is 1. The van der Waals surface area contributed by atoms with Crippen molar-refractivity contribution in [2.75, 3.05) is 38.4 Å². The number of likely N-dealkylation sites (N-methyl/N-ethyl adjacent to an activating group) is 1. The van der Waals surface area contributed by atoms with Gasteiger partial charge in [0.1, 0.15) is 22.8 Å². The second-order valence-corrected chi connectivity index (χ2v) is 11.9. The van der Waals surface area contributed by atoms with Crippen LogP contribution in [-0.4, -0.2) is 87.8 Å². The first kappa shape index (κ1) is 31.0. The predicted molar refractivity (Wildman–Crippen MR) is 158 cm³/mol. The molecule has 0 aliphatic heterocycles. The maximum Gasteiger partial charge on any atom is 0.255 e. The third kappa shape index (κ3) is 4.58. The Hall–Kier alpha value is -4.47. The number of quaternary nitrogens is 1. The molecule has 0 bridgehead atoms. The number of anilines is 2. The number of fused-ring (bicyclic) bond motifs is 3. The Morgan fingerprint density at radius 3 is 2.32 bits per heavy atom. The van der Waals surface area contributed by atoms with E-state index in [0.717, 1.165) is 0 Å². The van der Waals surface area contributed by atoms with Crippen LogP contribution in [0.1, 0.15) is 23.1 Å². The van der Waals surface area contributed by atoms with Crippen LogP contribution in [0.15, 0.2) is 47.2 Å². The molecule has 5 rings (SSSR count). The van der Waals surface area contributed by atoms with E-state index in [9.17, 15) is 40.0 Å². The van der Waals surface area contributed by atoms with Crippen molar-refractivity contribution in [3.63, 3.8) is 0 Å². The van der Waals surface area contributed by atoms with Gasteiger partial charge < -0.3 is 41.6 Å². The van der Waals surface area contributed by atoms with Crippen molar-refractivity contribution in [2.45, 2.75) is 31.0 Å². The number of nitrogens with one attached hydrogen (secondary N) is 2. The Labute approximate surface area is 252 Å². The second-order valence-electron chi connectivity index (χ2n) is 11.9. The topological polar surface area (TPSA) is 224 Å². The summed E-state index contributed by atoms with van der Waals surface area (Å²) in [5, 5.41) is 68.2. The SMILES string of the molecule is CN(C)c1cc(NCc2ccc([NH+]([O-])O)cc2)c(O)c2c1C[C@@H]1C[C@@H]3[C@@H](N(C)C)C(=O)C(C(N)=O)=C(O)[C@]3(O)C(=O)C1=C2O. The molecule has 0 spiro atoms. The minimum absolute atomic E-state index is 0.00820. The van der Waals surface area contributed by atoms with Gasteiger partial charge in [0, 0.05) is 50.0 Å². The van der Waals surface area contributed by atoms with Gasteiger partial charge in [-0.1, -0.05) is 12.1 Å². The average Bonchev–Trinajstić information content (AvgIpc) is 2.94. The smallest absolute Gasteiger partial charge is 0.255 e. The van der Waals surface area contributed by atoms with Crippen molar-refractivity contribution in [3.05, 3.63) is 69.1 Å². The molecule has 14 nitrogen and oxygen atoms in total. The third-order valence-corrected chi connectivity index (χ3v) is 8.86. The van der Waals surface area contributed by atoms with Gasteiger partial charge >= 0.3 is 0 Å². The Morgan fingerprint density at radius 1 is 1.14 bits per heavy atom. The van der Waals surface area contributed by atoms with Crippen LogP contribution in [0.4, 0.5) is 17.1 Å². The summed E-state index contributed by atoms with van der Waals surface area (Å²) in [6.45, 7) is 0.188. The lowest BCUT2D eigenvalue weighted by atomic mass is 9.57. The summed E-state index contributed by atoms with van der Waals surface area (Å²) in [4.78, 5) is 42.8. The first-order valence-electron chi connectivity index (χ1n) is 13.9. The van der Waals surface area contributed by atoms with E-state index in [1.807, 2.05) is 0 Å². The van der Waals surface area contributed by atoms with Crippen LogP contribution in [0, 0.1) is 17.0 Å². The van der Waals surface area contributed by atoms with Gasteiger partial charge in [0.2, 0.25) is 5.78 Å². The van der Waals surface area contributed by atoms with Crippen molar-refractivity contribution >= 4 is 40.3 Å². The number of aliphatic hydroxyl groups is 3. The van der Waals surface area contributed by atoms with Gasteiger partial charge in [0.15, 0.2) is 17.1 Å². The summed E-state index contributed by atoms with van der Waals surface area (Å²) >= 11 is 0. The fourth-order valence-corrected chi connectivity index (χ4v) is 6.79. The van der Waals surface area contributed by atoms with Crippen LogP contribution in [0.25, 0.3) is 5.76 Å². The maximum atomic E-state index is 14.1. The molecule has 3 aliphatic rings. The molecule has 0 saturated heterocycles. The highest BCUT2D eigenvalue weighted by Gasteiger charge is 2.64. The van der Waals surface area contributed by atoms with Crippen LogP contribution in [0.3, 0.4) is 0 Å². The monoisotopic (exact) mass is 609 g/mol. The molecule has 1 saturated carbocycles. The molecule has 14 heteroatoms. The molecule has 2 aromatic rings. The molecule has 44 heavy (non-hydrogen) atoms. The summed E-state index contributed by atoms with van der Waals surface area (Å²) in [5.74, 6) is -7.13. The number of Topliss-reactive ketones (excluding diaryl/α,β-unsaturated/α-hetero) is 2. The predicted octanol–water partition coefficient (Wildman–Crippen LogP) is 0.0455. The summed E-state index contributed by atoms with van der Waals surface area (Å²) in [6, 6.07) is 6.68. The van der Waals surface area contributed by atoms with E-state index in [1.165, 1.54) is 17.0 Å². The van der Waals surface area contributed by atoms with Crippen LogP contribution in [-0.2, 0) is 27.3 Å². The number of ketones is 2. The number of carbonyl (C=O) groups excluding carboxylic acids is 3. The zero-order valence-electron chi connectivity index (χ0n) is 24.6. The first-order chi connectivity index (χ1) is 20.6. The Morgan fingerprint density at radius 2 is 1.77 bits per heavy atom. The molecule has 1 fully saturated rings. The van der Waals surface area contributed by atoms with E-state index in [4.69, 9.17) is 10.9 Å². The molecule has 0 heterocycles. The lowest BCUT2D eigenvalue weighted by molar-refractivity contribution is -0.991. The molecule has 234 valence electrons. The number of hydrogen-bond acceptors (Lipinski definition) is 12. The van der Waals surface area contributed by atoms with Crippen molar-refractivity contribution in [3.8, 4) is 5.75 Å². The molecule has 2 aromatic carbocycles. The van der Waals surface area contributed by atoms with Crippen LogP contribution < -0.4 is 21.2 Å². The number of hydrogen-bond donors (Lipinski definition) is 8. The number of primary amides is 1. The van der Waals surface area contributed by atoms with E-state index in [1.54, 1.807) is 51.3 Å². The van der Waals surface area contributed by atoms with Gasteiger partial charge in [-0.15, -0.1) is 0 Å². The highest BCUT2D eigenvalue weighted by atomic mass is 16.8. The molecule has 0 aromatic heterocycles. The van der Waals surface area contributed by atoms with Crippen molar-refractivity contribution in [2.24, 2.45) is 17.6 Å². The second kappa shape index (κ2) is 10.9. The first-order valence-corrected chi connectivity index (χ1v) is 13.9. The van der Waals surface area contributed by atoms with Crippen molar-refractivity contribution < 1.29 is 45.2 Å². The lowest BCUT2D eigenvalue weighted by Gasteiger charge is -2.50. The van der Waals surface area contributed by atoms with Crippen molar-refractivity contribution in [1.29, 1.82) is 0 Å². The Kier molecular flexibility index (Phi) is 7.68. The maximum absolute atomic E-state index is 14.1. The van der Waals surface area contributed by atoms with Gasteiger partial charge in [-0.2, -0.15) is 5.23 Å². The number of rotatable bonds is 7. The molecular formula is C30H35N5O9. The summed E-state index contributed by atoms with van der Waals surface area (Å²) in [6.07, 6.45) is 0.151. The minimum atomic E-state index is -2.72. The Bertz CT molecular complexity index is 1630. The highest BCUT2D eigenvalue weighted by molar-refractivity contribution is 6.24. The zero-order chi connectivity index (χ0) is 32.4. The molecule has 9 N–H and O–H groups in total. The summed E-state index contributed by atoms with van der Waals surface area (Å²) in [7, 11) is 6.64. The molecular weight excluding hydrogens is 574 g/mol. The fraction of sp³-hybridized carbons (Fsp3) is 0.367. The molecule has 1 unspecified atom stereocenters. The van der Waals surface area contributed by atoms with E-state index in [2.05, 4.69) is 5.32 Å². The summed E-state index contributed by atoms with van der Waals surface area (Å²) < 4.78 is 0. The van der Waals surface area contributed by atoms with Gasteiger partial charge in [-0.3, -0.25) is 19.3 Å². The van der Waals surface area contributed by atoms with E-state index in [-0.39, 0.29) is 47.6 Å². The standard InChI is InChI=1S/C30H35N5O9/c1-33(2)19-11-18(32-12-13-5-7-15(8-6-13)35(43)44)24(36)21-16(19)9-14-10-17-23(34(3)4)26(38)22(29(31)41)28(40)30(17,42)27(39)20(14)25(21)37/h5-8,11,14,17,23,32,35-37,40,42-43H,9-10,12H2,1-4H3,(H2,31,41)/t14-,17-,23-,30-/m1/s1. The number of carbonyl (C=O) groups is 3. The number of benzene rings is 2. The third-order valence-electron chi connectivity index (χ3n) is 8.86. The van der Waals surface area contributed by atoms with Crippen LogP contribution in [0.5, 0.6) is 5.75 Å². The quantitative estimate of drug-likeness (QED) is 0.118. The average molecular weight is 610 g/mol. The van der Waals surface area contributed by atoms with E-state index >= 15 is 0 Å².